The van der Waals surface area contributed by atoms with Crippen molar-refractivity contribution < 1.29 is 14.0 Å². The molecule has 1 fully saturated rings. The van der Waals surface area contributed by atoms with Crippen LogP contribution < -0.4 is 10.6 Å². The van der Waals surface area contributed by atoms with Gasteiger partial charge in [0.15, 0.2) is 0 Å². The number of rotatable bonds is 4. The monoisotopic (exact) mass is 375 g/mol. The van der Waals surface area contributed by atoms with Crippen LogP contribution in [-0.4, -0.2) is 36.0 Å². The lowest BCUT2D eigenvalue weighted by Crippen LogP contribution is -2.49. The van der Waals surface area contributed by atoms with E-state index in [9.17, 15) is 14.0 Å². The molecular formula is C19H22FN3O2S. The van der Waals surface area contributed by atoms with Gasteiger partial charge in [0.25, 0.3) is 5.91 Å². The highest BCUT2D eigenvalue weighted by Gasteiger charge is 2.25. The highest BCUT2D eigenvalue weighted by molar-refractivity contribution is 7.11. The summed E-state index contributed by atoms with van der Waals surface area (Å²) in [6, 6.07) is 9.87. The van der Waals surface area contributed by atoms with Crippen LogP contribution in [0.4, 0.5) is 9.18 Å². The molecule has 2 heterocycles. The molecule has 5 nitrogen and oxygen atoms in total. The zero-order chi connectivity index (χ0) is 18.5. The van der Waals surface area contributed by atoms with E-state index in [0.717, 1.165) is 4.88 Å². The summed E-state index contributed by atoms with van der Waals surface area (Å²) in [5.41, 5.74) is 0.0999. The fraction of sp³-hybridized carbons (Fsp3) is 0.368. The Morgan fingerprint density at radius 3 is 2.58 bits per heavy atom. The van der Waals surface area contributed by atoms with E-state index in [-0.39, 0.29) is 23.5 Å². The third kappa shape index (κ3) is 4.60. The first-order chi connectivity index (χ1) is 12.5. The van der Waals surface area contributed by atoms with Gasteiger partial charge < -0.3 is 15.5 Å². The molecular weight excluding hydrogens is 353 g/mol. The van der Waals surface area contributed by atoms with Crippen LogP contribution in [0.3, 0.4) is 0 Å². The topological polar surface area (TPSA) is 61.4 Å². The number of urea groups is 1. The lowest BCUT2D eigenvalue weighted by molar-refractivity contribution is 0.0703. The molecule has 1 saturated heterocycles. The number of benzene rings is 1. The van der Waals surface area contributed by atoms with E-state index in [1.807, 2.05) is 19.1 Å². The number of thiophene rings is 1. The molecule has 2 N–H and O–H groups in total. The van der Waals surface area contributed by atoms with Crippen LogP contribution in [0.5, 0.6) is 0 Å². The van der Waals surface area contributed by atoms with Crippen LogP contribution in [0.1, 0.15) is 33.0 Å². The highest BCUT2D eigenvalue weighted by atomic mass is 32.1. The fourth-order valence-electron chi connectivity index (χ4n) is 3.02. The summed E-state index contributed by atoms with van der Waals surface area (Å²) in [4.78, 5) is 28.4. The van der Waals surface area contributed by atoms with Crippen molar-refractivity contribution in [1.82, 2.24) is 15.5 Å². The second kappa shape index (κ2) is 8.31. The SMILES string of the molecule is Cc1ccc(CNC(=O)NC2CCN(C(=O)c3ccccc3F)CC2)s1. The van der Waals surface area contributed by atoms with E-state index >= 15 is 0 Å². The Bertz CT molecular complexity index is 785. The molecule has 3 amide bonds. The standard InChI is InChI=1S/C19H22FN3O2S/c1-13-6-7-15(26-13)12-21-19(25)22-14-8-10-23(11-9-14)18(24)16-4-2-3-5-17(16)20/h2-7,14H,8-12H2,1H3,(H2,21,22,25). The summed E-state index contributed by atoms with van der Waals surface area (Å²) >= 11 is 1.66. The molecule has 0 saturated carbocycles. The molecule has 1 aliphatic heterocycles. The first-order valence-electron chi connectivity index (χ1n) is 8.66. The van der Waals surface area contributed by atoms with Crippen molar-refractivity contribution in [3.05, 3.63) is 57.5 Å². The fourth-order valence-corrected chi connectivity index (χ4v) is 3.85. The highest BCUT2D eigenvalue weighted by Crippen LogP contribution is 2.16. The molecule has 7 heteroatoms. The van der Waals surface area contributed by atoms with Crippen molar-refractivity contribution in [1.29, 1.82) is 0 Å². The zero-order valence-electron chi connectivity index (χ0n) is 14.6. The number of carbonyl (C=O) groups is 2. The molecule has 138 valence electrons. The van der Waals surface area contributed by atoms with Crippen LogP contribution >= 0.6 is 11.3 Å². The van der Waals surface area contributed by atoms with Crippen LogP contribution in [-0.2, 0) is 6.54 Å². The van der Waals surface area contributed by atoms with Crippen molar-refractivity contribution in [3.63, 3.8) is 0 Å². The van der Waals surface area contributed by atoms with Crippen molar-refractivity contribution in [2.75, 3.05) is 13.1 Å². The number of amides is 3. The molecule has 26 heavy (non-hydrogen) atoms. The minimum atomic E-state index is -0.499. The summed E-state index contributed by atoms with van der Waals surface area (Å²) in [5.74, 6) is -0.792. The van der Waals surface area contributed by atoms with E-state index in [1.165, 1.54) is 17.0 Å². The normalized spacial score (nSPS) is 14.9. The van der Waals surface area contributed by atoms with Crippen molar-refractivity contribution in [2.45, 2.75) is 32.4 Å². The van der Waals surface area contributed by atoms with Crippen molar-refractivity contribution in [2.24, 2.45) is 0 Å². The predicted molar refractivity (Wildman–Crippen MR) is 99.8 cm³/mol. The maximum Gasteiger partial charge on any atom is 0.315 e. The second-order valence-electron chi connectivity index (χ2n) is 6.39. The number of halogens is 1. The van der Waals surface area contributed by atoms with Gasteiger partial charge in [-0.3, -0.25) is 4.79 Å². The summed E-state index contributed by atoms with van der Waals surface area (Å²) in [7, 11) is 0. The molecule has 0 atom stereocenters. The number of aryl methyl sites for hydroxylation is 1. The van der Waals surface area contributed by atoms with Gasteiger partial charge >= 0.3 is 6.03 Å². The van der Waals surface area contributed by atoms with Gasteiger partial charge in [0, 0.05) is 28.9 Å². The smallest absolute Gasteiger partial charge is 0.315 e. The van der Waals surface area contributed by atoms with Gasteiger partial charge in [-0.25, -0.2) is 9.18 Å². The number of nitrogens with one attached hydrogen (secondary N) is 2. The zero-order valence-corrected chi connectivity index (χ0v) is 15.4. The van der Waals surface area contributed by atoms with E-state index in [0.29, 0.717) is 32.5 Å². The van der Waals surface area contributed by atoms with E-state index < -0.39 is 5.82 Å². The largest absolute Gasteiger partial charge is 0.338 e. The van der Waals surface area contributed by atoms with Crippen molar-refractivity contribution >= 4 is 23.3 Å². The van der Waals surface area contributed by atoms with E-state index in [4.69, 9.17) is 0 Å². The summed E-state index contributed by atoms with van der Waals surface area (Å²) in [6.45, 7) is 3.55. The maximum atomic E-state index is 13.8. The Balaban J connectivity index is 1.44. The molecule has 0 bridgehead atoms. The molecule has 1 aromatic carbocycles. The first-order valence-corrected chi connectivity index (χ1v) is 9.48. The first kappa shape index (κ1) is 18.4. The van der Waals surface area contributed by atoms with Gasteiger partial charge in [-0.2, -0.15) is 0 Å². The minimum Gasteiger partial charge on any atom is -0.338 e. The molecule has 0 spiro atoms. The number of carbonyl (C=O) groups excluding carboxylic acids is 2. The molecule has 1 aliphatic rings. The summed E-state index contributed by atoms with van der Waals surface area (Å²) in [6.07, 6.45) is 1.32. The van der Waals surface area contributed by atoms with Crippen LogP contribution in [0.15, 0.2) is 36.4 Å². The molecule has 0 aliphatic carbocycles. The quantitative estimate of drug-likeness (QED) is 0.861. The third-order valence-corrected chi connectivity index (χ3v) is 5.44. The molecule has 2 aromatic rings. The number of hydrogen-bond donors (Lipinski definition) is 2. The Hall–Kier alpha value is -2.41. The lowest BCUT2D eigenvalue weighted by atomic mass is 10.0. The minimum absolute atomic E-state index is 0.0183. The van der Waals surface area contributed by atoms with Crippen molar-refractivity contribution in [3.8, 4) is 0 Å². The Morgan fingerprint density at radius 1 is 1.19 bits per heavy atom. The number of nitrogens with zero attached hydrogens (tertiary/aromatic N) is 1. The maximum absolute atomic E-state index is 13.8. The number of likely N-dealkylation sites (tertiary alicyclic amines) is 1. The molecule has 3 rings (SSSR count). The van der Waals surface area contributed by atoms with Gasteiger partial charge in [0.05, 0.1) is 12.1 Å². The lowest BCUT2D eigenvalue weighted by Gasteiger charge is -2.32. The van der Waals surface area contributed by atoms with Crippen LogP contribution in [0, 0.1) is 12.7 Å². The average molecular weight is 375 g/mol. The summed E-state index contributed by atoms with van der Waals surface area (Å²) in [5, 5.41) is 5.81. The Kier molecular flexibility index (Phi) is 5.88. The van der Waals surface area contributed by atoms with Gasteiger partial charge in [-0.05, 0) is 44.0 Å². The van der Waals surface area contributed by atoms with Gasteiger partial charge in [-0.15, -0.1) is 11.3 Å². The second-order valence-corrected chi connectivity index (χ2v) is 7.76. The third-order valence-electron chi connectivity index (χ3n) is 4.44. The molecule has 1 aromatic heterocycles. The van der Waals surface area contributed by atoms with Crippen LogP contribution in [0.2, 0.25) is 0 Å². The molecule has 0 radical (unpaired) electrons. The Morgan fingerprint density at radius 2 is 1.92 bits per heavy atom. The summed E-state index contributed by atoms with van der Waals surface area (Å²) < 4.78 is 13.8. The number of piperidine rings is 1. The predicted octanol–water partition coefficient (Wildman–Crippen LogP) is 3.30. The van der Waals surface area contributed by atoms with Gasteiger partial charge in [-0.1, -0.05) is 12.1 Å². The van der Waals surface area contributed by atoms with Crippen LogP contribution in [0.25, 0.3) is 0 Å². The van der Waals surface area contributed by atoms with Gasteiger partial charge in [0.1, 0.15) is 5.82 Å². The number of hydrogen-bond acceptors (Lipinski definition) is 3. The van der Waals surface area contributed by atoms with Gasteiger partial charge in [0.2, 0.25) is 0 Å². The Labute approximate surface area is 156 Å². The van der Waals surface area contributed by atoms with E-state index in [1.54, 1.807) is 28.4 Å². The average Bonchev–Trinajstić information content (AvgIpc) is 3.06. The molecule has 0 unspecified atom stereocenters. The van der Waals surface area contributed by atoms with E-state index in [2.05, 4.69) is 10.6 Å².